The van der Waals surface area contributed by atoms with Gasteiger partial charge in [-0.25, -0.2) is 0 Å². The van der Waals surface area contributed by atoms with Crippen LogP contribution in [0.3, 0.4) is 0 Å². The maximum atomic E-state index is 13.1. The van der Waals surface area contributed by atoms with Gasteiger partial charge in [0.25, 0.3) is 0 Å². The topological polar surface area (TPSA) is 61.7 Å². The molecule has 0 aliphatic carbocycles. The van der Waals surface area contributed by atoms with E-state index >= 15 is 0 Å². The van der Waals surface area contributed by atoms with Gasteiger partial charge in [0, 0.05) is 0 Å². The molecule has 0 aromatic heterocycles. The van der Waals surface area contributed by atoms with E-state index in [0.717, 1.165) is 0 Å². The van der Waals surface area contributed by atoms with Crippen molar-refractivity contribution < 1.29 is 38.8 Å². The zero-order valence-corrected chi connectivity index (χ0v) is 16.3. The molecule has 0 saturated heterocycles. The Bertz CT molecular complexity index is 315. The van der Waals surface area contributed by atoms with Crippen molar-refractivity contribution in [2.75, 3.05) is 11.5 Å². The van der Waals surface area contributed by atoms with Crippen LogP contribution >= 0.6 is 7.60 Å². The number of hydrogen-bond donors (Lipinski definition) is 0. The van der Waals surface area contributed by atoms with Crippen LogP contribution in [0.5, 0.6) is 0 Å². The van der Waals surface area contributed by atoms with E-state index in [9.17, 15) is 4.57 Å². The summed E-state index contributed by atoms with van der Waals surface area (Å²) in [7, 11) is -3.32. The van der Waals surface area contributed by atoms with Gasteiger partial charge < -0.3 is 0 Å². The monoisotopic (exact) mass is 409 g/mol. The molecule has 0 amide bonds. The summed E-state index contributed by atoms with van der Waals surface area (Å²) in [5.74, 6) is -0.584. The van der Waals surface area contributed by atoms with E-state index in [2.05, 4.69) is 0 Å². The SMILES string of the molecule is CCOP(=O)(O[I-]C)C(N([OH2+])C(C)(C)C)C(C)(C)C. The Balaban J connectivity index is 5.64. The fraction of sp³-hybridized carbons (Fsp3) is 1.00. The molecule has 0 aromatic rings. The van der Waals surface area contributed by atoms with E-state index in [1.54, 1.807) is 6.92 Å². The van der Waals surface area contributed by atoms with Crippen LogP contribution in [0.2, 0.25) is 0 Å². The Kier molecular flexibility index (Phi) is 7.48. The van der Waals surface area contributed by atoms with E-state index in [1.807, 2.05) is 46.5 Å². The van der Waals surface area contributed by atoms with Crippen molar-refractivity contribution >= 4 is 7.60 Å². The van der Waals surface area contributed by atoms with Gasteiger partial charge in [-0.3, -0.25) is 0 Å². The van der Waals surface area contributed by atoms with Crippen molar-refractivity contribution in [1.29, 1.82) is 0 Å². The summed E-state index contributed by atoms with van der Waals surface area (Å²) in [5, 5.41) is 9.74. The number of rotatable bonds is 6. The zero-order chi connectivity index (χ0) is 15.5. The van der Waals surface area contributed by atoms with Crippen molar-refractivity contribution in [3.05, 3.63) is 0 Å². The van der Waals surface area contributed by atoms with Crippen LogP contribution in [0.1, 0.15) is 48.5 Å². The first kappa shape index (κ1) is 19.8. The Morgan fingerprint density at radius 2 is 1.74 bits per heavy atom. The number of halogens is 1. The van der Waals surface area contributed by atoms with E-state index in [1.165, 1.54) is 5.06 Å². The van der Waals surface area contributed by atoms with Gasteiger partial charge >= 0.3 is 128 Å². The van der Waals surface area contributed by atoms with Gasteiger partial charge in [0.1, 0.15) is 0 Å². The number of hydroxylamine groups is 2. The third kappa shape index (κ3) is 5.59. The molecular formula is C12H29INO4P. The molecule has 0 spiro atoms. The molecule has 19 heavy (non-hydrogen) atoms. The van der Waals surface area contributed by atoms with Gasteiger partial charge in [0.15, 0.2) is 0 Å². The molecule has 2 atom stereocenters. The van der Waals surface area contributed by atoms with Gasteiger partial charge in [-0.2, -0.15) is 0 Å². The van der Waals surface area contributed by atoms with Crippen LogP contribution in [0, 0.1) is 5.41 Å². The summed E-state index contributed by atoms with van der Waals surface area (Å²) < 4.78 is 24.1. The molecule has 2 N–H and O–H groups in total. The summed E-state index contributed by atoms with van der Waals surface area (Å²) >= 11 is -0.637. The van der Waals surface area contributed by atoms with Gasteiger partial charge in [-0.05, 0) is 0 Å². The molecule has 0 saturated carbocycles. The van der Waals surface area contributed by atoms with E-state index in [4.69, 9.17) is 12.6 Å². The van der Waals surface area contributed by atoms with Crippen LogP contribution in [0.15, 0.2) is 0 Å². The molecule has 2 unspecified atom stereocenters. The summed E-state index contributed by atoms with van der Waals surface area (Å²) in [4.78, 5) is 1.90. The predicted molar refractivity (Wildman–Crippen MR) is 74.7 cm³/mol. The number of alkyl halides is 1. The molecule has 0 aliphatic heterocycles. The Morgan fingerprint density at radius 1 is 1.26 bits per heavy atom. The molecular weight excluding hydrogens is 380 g/mol. The number of nitrogens with zero attached hydrogens (tertiary/aromatic N) is 1. The fourth-order valence-electron chi connectivity index (χ4n) is 1.77. The van der Waals surface area contributed by atoms with Gasteiger partial charge in [0.2, 0.25) is 0 Å². The zero-order valence-electron chi connectivity index (χ0n) is 13.3. The van der Waals surface area contributed by atoms with Crippen LogP contribution < -0.4 is 21.6 Å². The van der Waals surface area contributed by atoms with Crippen molar-refractivity contribution in [3.8, 4) is 0 Å². The van der Waals surface area contributed by atoms with Crippen molar-refractivity contribution in [2.45, 2.75) is 59.8 Å². The Labute approximate surface area is 128 Å². The first-order valence-corrected chi connectivity index (χ1v) is 11.0. The Morgan fingerprint density at radius 3 is 2.00 bits per heavy atom. The third-order valence-electron chi connectivity index (χ3n) is 2.52. The second-order valence-corrected chi connectivity index (χ2v) is 10.5. The third-order valence-corrected chi connectivity index (χ3v) is 7.90. The van der Waals surface area contributed by atoms with E-state index in [-0.39, 0.29) is 5.41 Å². The quantitative estimate of drug-likeness (QED) is 0.204. The summed E-state index contributed by atoms with van der Waals surface area (Å²) in [6.45, 7) is 13.8. The fourth-order valence-corrected chi connectivity index (χ4v) is 6.80. The minimum absolute atomic E-state index is 0.325. The van der Waals surface area contributed by atoms with Crippen LogP contribution in [0.4, 0.5) is 0 Å². The second kappa shape index (κ2) is 7.18. The standard InChI is InChI=1S/C12H28INO4P/c1-9-17-19(16,18-13-8)10(11(2,3)4)14(15)12(5,6)7/h10,15H,9H2,1-8H3/q-1/p+1. The molecule has 0 rings (SSSR count). The van der Waals surface area contributed by atoms with Crippen LogP contribution in [-0.2, 0) is 11.9 Å². The summed E-state index contributed by atoms with van der Waals surface area (Å²) in [6, 6.07) is 0. The van der Waals surface area contributed by atoms with E-state index in [0.29, 0.717) is 6.61 Å². The molecule has 5 nitrogen and oxygen atoms in total. The Hall–Kier alpha value is 0.800. The number of hydrogen-bond acceptors (Lipinski definition) is 4. The van der Waals surface area contributed by atoms with Crippen molar-refractivity contribution in [2.24, 2.45) is 5.41 Å². The minimum atomic E-state index is -3.32. The van der Waals surface area contributed by atoms with E-state index < -0.39 is 40.5 Å². The average molecular weight is 409 g/mol. The molecule has 0 aliphatic rings. The molecule has 0 fully saturated rings. The predicted octanol–water partition coefficient (Wildman–Crippen LogP) is -0.0213. The van der Waals surface area contributed by atoms with Crippen molar-refractivity contribution in [3.63, 3.8) is 0 Å². The first-order valence-electron chi connectivity index (χ1n) is 6.33. The molecule has 7 heteroatoms. The molecule has 0 heterocycles. The van der Waals surface area contributed by atoms with Crippen LogP contribution in [0.25, 0.3) is 0 Å². The molecule has 118 valence electrons. The summed E-state index contributed by atoms with van der Waals surface area (Å²) in [5.41, 5.74) is -0.807. The molecule has 0 radical (unpaired) electrons. The average Bonchev–Trinajstić information content (AvgIpc) is 2.13. The van der Waals surface area contributed by atoms with Gasteiger partial charge in [0.05, 0.1) is 0 Å². The summed E-state index contributed by atoms with van der Waals surface area (Å²) in [6.07, 6.45) is 0. The second-order valence-electron chi connectivity index (χ2n) is 6.46. The molecule has 0 bridgehead atoms. The maximum absolute atomic E-state index is 13.1. The first-order chi connectivity index (χ1) is 8.40. The van der Waals surface area contributed by atoms with Crippen LogP contribution in [-0.4, -0.2) is 33.1 Å². The van der Waals surface area contributed by atoms with Gasteiger partial charge in [-0.1, -0.05) is 0 Å². The van der Waals surface area contributed by atoms with Crippen molar-refractivity contribution in [1.82, 2.24) is 5.06 Å². The molecule has 0 aromatic carbocycles. The van der Waals surface area contributed by atoms with Gasteiger partial charge in [-0.15, -0.1) is 0 Å². The normalized spacial score (nSPS) is 18.6.